The number of hydrogen-bond donors (Lipinski definition) is 3. The second-order valence-electron chi connectivity index (χ2n) is 12.2. The minimum absolute atomic E-state index is 0.0945. The maximum Gasteiger partial charge on any atom is 0.317 e. The van der Waals surface area contributed by atoms with Crippen LogP contribution >= 0.6 is 11.3 Å². The monoisotopic (exact) mass is 596 g/mol. The first-order valence-electron chi connectivity index (χ1n) is 15.2. The molecule has 4 atom stereocenters. The fourth-order valence-corrected chi connectivity index (χ4v) is 8.02. The van der Waals surface area contributed by atoms with Gasteiger partial charge in [0, 0.05) is 56.1 Å². The quantitative estimate of drug-likeness (QED) is 0.296. The highest BCUT2D eigenvalue weighted by Crippen LogP contribution is 2.49. The van der Waals surface area contributed by atoms with Crippen LogP contribution in [0.4, 0.5) is 10.5 Å². The van der Waals surface area contributed by atoms with Crippen LogP contribution in [0.5, 0.6) is 0 Å². The fourth-order valence-electron chi connectivity index (χ4n) is 7.03. The second kappa shape index (κ2) is 11.5. The molecule has 2 aliphatic carbocycles. The summed E-state index contributed by atoms with van der Waals surface area (Å²) in [7, 11) is 0. The molecule has 3 N–H and O–H groups in total. The van der Waals surface area contributed by atoms with Gasteiger partial charge in [0.1, 0.15) is 11.1 Å². The average Bonchev–Trinajstić information content (AvgIpc) is 3.73. The highest BCUT2D eigenvalue weighted by Gasteiger charge is 2.45. The van der Waals surface area contributed by atoms with Crippen molar-refractivity contribution in [1.29, 1.82) is 5.26 Å². The van der Waals surface area contributed by atoms with Crippen molar-refractivity contribution in [2.24, 2.45) is 11.8 Å². The summed E-state index contributed by atoms with van der Waals surface area (Å²) in [5.41, 5.74) is 4.89. The minimum Gasteiger partial charge on any atom is -0.382 e. The van der Waals surface area contributed by atoms with Crippen molar-refractivity contribution in [3.8, 4) is 28.0 Å². The molecule has 11 nitrogen and oxygen atoms in total. The fraction of sp³-hybridized carbons (Fsp3) is 0.484. The van der Waals surface area contributed by atoms with E-state index in [0.29, 0.717) is 23.3 Å². The summed E-state index contributed by atoms with van der Waals surface area (Å²) in [5.74, 6) is 1.33. The van der Waals surface area contributed by atoms with Gasteiger partial charge in [-0.25, -0.2) is 9.31 Å². The van der Waals surface area contributed by atoms with Crippen LogP contribution in [0.1, 0.15) is 56.0 Å². The molecule has 1 aliphatic heterocycles. The molecule has 222 valence electrons. The Labute approximate surface area is 254 Å². The van der Waals surface area contributed by atoms with Crippen LogP contribution in [0, 0.1) is 23.2 Å². The zero-order chi connectivity index (χ0) is 29.5. The predicted molar refractivity (Wildman–Crippen MR) is 166 cm³/mol. The Morgan fingerprint density at radius 2 is 1.91 bits per heavy atom. The summed E-state index contributed by atoms with van der Waals surface area (Å²) >= 11 is 1.66. The van der Waals surface area contributed by atoms with E-state index in [4.69, 9.17) is 10.1 Å². The van der Waals surface area contributed by atoms with E-state index in [-0.39, 0.29) is 18.1 Å². The summed E-state index contributed by atoms with van der Waals surface area (Å²) < 4.78 is 1.81. The molecule has 3 fully saturated rings. The highest BCUT2D eigenvalue weighted by atomic mass is 32.1. The van der Waals surface area contributed by atoms with E-state index in [2.05, 4.69) is 46.1 Å². The van der Waals surface area contributed by atoms with Gasteiger partial charge in [-0.3, -0.25) is 4.98 Å². The summed E-state index contributed by atoms with van der Waals surface area (Å²) in [6, 6.07) is 10.5. The smallest absolute Gasteiger partial charge is 0.317 e. The SMILES string of the molecule is CC(C)Nc1cc(-c2ccc3cc(C#N)cnn23)ncc1-c1nnc(C2C[C@H]3CC[C@@H](C2)C3NC(=O)N2CCNCC2)s1. The number of aromatic nitrogens is 5. The van der Waals surface area contributed by atoms with Crippen molar-refractivity contribution in [2.75, 3.05) is 31.5 Å². The lowest BCUT2D eigenvalue weighted by atomic mass is 9.77. The van der Waals surface area contributed by atoms with Crippen LogP contribution in [0.2, 0.25) is 0 Å². The lowest BCUT2D eigenvalue weighted by Gasteiger charge is -2.37. The standard InChI is InChI=1S/C31H36N10OS/c1-18(2)36-25-14-26(27-6-5-23-11-19(15-32)16-35-41(23)27)34-17-24(25)30-39-38-29(43-30)22-12-20-3-4-21(13-22)28(20)37-31(42)40-9-7-33-8-10-40/h5-6,11,14,16-18,20-22,28,33H,3-4,7-10,12-13H2,1-2H3,(H,34,36)(H,37,42)/t20-,21+,22?,28?. The number of rotatable bonds is 6. The van der Waals surface area contributed by atoms with Crippen molar-refractivity contribution in [3.05, 3.63) is 47.2 Å². The summed E-state index contributed by atoms with van der Waals surface area (Å²) in [6.07, 6.45) is 7.84. The molecule has 0 spiro atoms. The number of nitrogens with one attached hydrogen (secondary N) is 3. The molecule has 0 aromatic carbocycles. The minimum atomic E-state index is 0.0945. The Kier molecular flexibility index (Phi) is 7.44. The lowest BCUT2D eigenvalue weighted by Crippen LogP contribution is -2.54. The number of urea groups is 1. The zero-order valence-electron chi connectivity index (χ0n) is 24.5. The number of pyridine rings is 1. The highest BCUT2D eigenvalue weighted by molar-refractivity contribution is 7.14. The summed E-state index contributed by atoms with van der Waals surface area (Å²) in [4.78, 5) is 19.7. The van der Waals surface area contributed by atoms with Gasteiger partial charge in [0.05, 0.1) is 34.2 Å². The molecule has 5 heterocycles. The van der Waals surface area contributed by atoms with E-state index in [0.717, 1.165) is 90.0 Å². The molecule has 12 heteroatoms. The van der Waals surface area contributed by atoms with Gasteiger partial charge in [-0.2, -0.15) is 10.4 Å². The van der Waals surface area contributed by atoms with Gasteiger partial charge in [-0.05, 0) is 75.6 Å². The molecule has 4 aromatic heterocycles. The number of anilines is 1. The van der Waals surface area contributed by atoms with Crippen LogP contribution in [0.15, 0.2) is 36.7 Å². The van der Waals surface area contributed by atoms with Crippen molar-refractivity contribution < 1.29 is 4.79 Å². The molecule has 2 amide bonds. The molecule has 4 aromatic rings. The van der Waals surface area contributed by atoms with Crippen molar-refractivity contribution >= 4 is 28.6 Å². The maximum absolute atomic E-state index is 12.9. The third kappa shape index (κ3) is 5.43. The van der Waals surface area contributed by atoms with Crippen LogP contribution in [0.25, 0.3) is 27.5 Å². The number of piperazine rings is 1. The first-order valence-corrected chi connectivity index (χ1v) is 16.0. The first kappa shape index (κ1) is 27.7. The van der Waals surface area contributed by atoms with E-state index in [9.17, 15) is 10.1 Å². The molecular weight excluding hydrogens is 560 g/mol. The Bertz CT molecular complexity index is 1670. The predicted octanol–water partition coefficient (Wildman–Crippen LogP) is 4.49. The Balaban J connectivity index is 1.10. The molecule has 1 saturated heterocycles. The number of nitriles is 1. The molecule has 43 heavy (non-hydrogen) atoms. The van der Waals surface area contributed by atoms with Gasteiger partial charge in [-0.1, -0.05) is 11.3 Å². The van der Waals surface area contributed by atoms with Crippen molar-refractivity contribution in [1.82, 2.24) is 40.3 Å². The van der Waals surface area contributed by atoms with Gasteiger partial charge in [0.15, 0.2) is 5.01 Å². The molecule has 0 radical (unpaired) electrons. The summed E-state index contributed by atoms with van der Waals surface area (Å²) in [6.45, 7) is 7.50. The van der Waals surface area contributed by atoms with Gasteiger partial charge in [0.25, 0.3) is 0 Å². The number of hydrogen-bond acceptors (Lipinski definition) is 9. The molecular formula is C31H36N10OS. The molecule has 3 aliphatic rings. The lowest BCUT2D eigenvalue weighted by molar-refractivity contribution is 0.168. The first-order chi connectivity index (χ1) is 21.0. The van der Waals surface area contributed by atoms with Crippen LogP contribution in [0.3, 0.4) is 0 Å². The Hall–Kier alpha value is -4.08. The number of amides is 2. The van der Waals surface area contributed by atoms with E-state index in [1.54, 1.807) is 17.5 Å². The normalized spacial score (nSPS) is 23.4. The topological polar surface area (TPSA) is 136 Å². The zero-order valence-corrected chi connectivity index (χ0v) is 25.3. The van der Waals surface area contributed by atoms with Gasteiger partial charge in [0.2, 0.25) is 0 Å². The average molecular weight is 597 g/mol. The Morgan fingerprint density at radius 3 is 2.65 bits per heavy atom. The second-order valence-corrected chi connectivity index (χ2v) is 13.3. The maximum atomic E-state index is 12.9. The van der Waals surface area contributed by atoms with Crippen LogP contribution < -0.4 is 16.0 Å². The third-order valence-corrected chi connectivity index (χ3v) is 10.2. The third-order valence-electron chi connectivity index (χ3n) is 9.05. The number of nitrogens with zero attached hydrogens (tertiary/aromatic N) is 7. The molecule has 2 saturated carbocycles. The number of fused-ring (bicyclic) bond motifs is 3. The summed E-state index contributed by atoms with van der Waals surface area (Å²) in [5, 5.41) is 35.3. The van der Waals surface area contributed by atoms with Gasteiger partial charge >= 0.3 is 6.03 Å². The van der Waals surface area contributed by atoms with Crippen molar-refractivity contribution in [2.45, 2.75) is 57.5 Å². The Morgan fingerprint density at radius 1 is 1.12 bits per heavy atom. The van der Waals surface area contributed by atoms with Gasteiger partial charge in [-0.15, -0.1) is 10.2 Å². The van der Waals surface area contributed by atoms with E-state index in [1.165, 1.54) is 0 Å². The van der Waals surface area contributed by atoms with Crippen LogP contribution in [-0.2, 0) is 0 Å². The molecule has 2 bridgehead atoms. The van der Waals surface area contributed by atoms with Gasteiger partial charge < -0.3 is 20.9 Å². The van der Waals surface area contributed by atoms with E-state index < -0.39 is 0 Å². The van der Waals surface area contributed by atoms with Crippen molar-refractivity contribution in [3.63, 3.8) is 0 Å². The largest absolute Gasteiger partial charge is 0.382 e. The number of carbonyl (C=O) groups excluding carboxylic acids is 1. The number of carbonyl (C=O) groups is 1. The molecule has 7 rings (SSSR count). The van der Waals surface area contributed by atoms with Crippen LogP contribution in [-0.4, -0.2) is 74.0 Å². The molecule has 2 unspecified atom stereocenters. The van der Waals surface area contributed by atoms with E-state index in [1.807, 2.05) is 39.9 Å². The van der Waals surface area contributed by atoms with E-state index >= 15 is 0 Å².